The van der Waals surface area contributed by atoms with Gasteiger partial charge >= 0.3 is 0 Å². The van der Waals surface area contributed by atoms with E-state index >= 15 is 0 Å². The third-order valence-electron chi connectivity index (χ3n) is 4.06. The van der Waals surface area contributed by atoms with Crippen LogP contribution in [0.3, 0.4) is 0 Å². The molecule has 1 aromatic carbocycles. The van der Waals surface area contributed by atoms with Crippen LogP contribution in [0.4, 0.5) is 10.2 Å². The van der Waals surface area contributed by atoms with E-state index in [1.807, 2.05) is 0 Å². The number of aryl methyl sites for hydroxylation is 1. The van der Waals surface area contributed by atoms with Crippen molar-refractivity contribution in [3.8, 4) is 0 Å². The van der Waals surface area contributed by atoms with E-state index in [-0.39, 0.29) is 29.6 Å². The second kappa shape index (κ2) is 7.36. The zero-order valence-electron chi connectivity index (χ0n) is 14.2. The maximum atomic E-state index is 13.7. The maximum absolute atomic E-state index is 13.7. The largest absolute Gasteiger partial charge is 0.366 e. The summed E-state index contributed by atoms with van der Waals surface area (Å²) >= 11 is 0. The lowest BCUT2D eigenvalue weighted by molar-refractivity contribution is 0.0935. The van der Waals surface area contributed by atoms with Crippen LogP contribution in [0.25, 0.3) is 0 Å². The fourth-order valence-electron chi connectivity index (χ4n) is 2.77. The van der Waals surface area contributed by atoms with E-state index in [1.54, 1.807) is 25.1 Å². The maximum Gasteiger partial charge on any atom is 0.270 e. The Labute approximate surface area is 151 Å². The predicted molar refractivity (Wildman–Crippen MR) is 95.0 cm³/mol. The van der Waals surface area contributed by atoms with Gasteiger partial charge in [-0.15, -0.1) is 0 Å². The molecule has 1 amide bonds. The minimum absolute atomic E-state index is 0.0544. The van der Waals surface area contributed by atoms with Gasteiger partial charge in [-0.25, -0.2) is 22.8 Å². The summed E-state index contributed by atoms with van der Waals surface area (Å²) in [6, 6.07) is 7.44. The number of rotatable bonds is 5. The molecule has 138 valence electrons. The molecule has 2 heterocycles. The molecule has 0 spiro atoms. The number of carbonyl (C=O) groups excluding carboxylic acids is 1. The van der Waals surface area contributed by atoms with Gasteiger partial charge < -0.3 is 10.6 Å². The number of sulfone groups is 1. The Balaban J connectivity index is 1.69. The molecule has 1 atom stereocenters. The van der Waals surface area contributed by atoms with Crippen molar-refractivity contribution in [2.45, 2.75) is 25.9 Å². The van der Waals surface area contributed by atoms with Gasteiger partial charge in [-0.2, -0.15) is 0 Å². The van der Waals surface area contributed by atoms with Crippen LogP contribution in [-0.2, 0) is 16.4 Å². The molecule has 2 N–H and O–H groups in total. The van der Waals surface area contributed by atoms with E-state index in [0.29, 0.717) is 23.6 Å². The van der Waals surface area contributed by atoms with E-state index in [4.69, 9.17) is 0 Å². The summed E-state index contributed by atoms with van der Waals surface area (Å²) in [6.07, 6.45) is 0.399. The first-order valence-corrected chi connectivity index (χ1v) is 9.99. The Morgan fingerprint density at radius 2 is 2.08 bits per heavy atom. The van der Waals surface area contributed by atoms with Gasteiger partial charge in [-0.3, -0.25) is 4.79 Å². The van der Waals surface area contributed by atoms with Gasteiger partial charge in [0.05, 0.1) is 11.5 Å². The standard InChI is InChI=1S/C17H19FN4O3S/c1-11-20-15(17(23)22-13-6-7-26(24,25)10-13)8-16(21-11)19-9-12-4-2-3-5-14(12)18/h2-5,8,13H,6-7,9-10H2,1H3,(H,22,23)(H,19,20,21). The molecule has 1 aliphatic rings. The van der Waals surface area contributed by atoms with Crippen LogP contribution in [0, 0.1) is 12.7 Å². The van der Waals surface area contributed by atoms with Crippen molar-refractivity contribution in [2.75, 3.05) is 16.8 Å². The van der Waals surface area contributed by atoms with E-state index in [9.17, 15) is 17.6 Å². The molecule has 9 heteroatoms. The number of hydrogen-bond acceptors (Lipinski definition) is 6. The smallest absolute Gasteiger partial charge is 0.270 e. The SMILES string of the molecule is Cc1nc(NCc2ccccc2F)cc(C(=O)NC2CCS(=O)(=O)C2)n1. The van der Waals surface area contributed by atoms with Crippen molar-refractivity contribution >= 4 is 21.6 Å². The molecule has 3 rings (SSSR count). The number of anilines is 1. The number of aromatic nitrogens is 2. The second-order valence-corrected chi connectivity index (χ2v) is 8.43. The van der Waals surface area contributed by atoms with Gasteiger partial charge in [0, 0.05) is 24.2 Å². The van der Waals surface area contributed by atoms with Crippen molar-refractivity contribution in [1.29, 1.82) is 0 Å². The predicted octanol–water partition coefficient (Wildman–Crippen LogP) is 1.45. The monoisotopic (exact) mass is 378 g/mol. The van der Waals surface area contributed by atoms with Gasteiger partial charge in [-0.1, -0.05) is 18.2 Å². The number of amides is 1. The first kappa shape index (κ1) is 18.2. The molecule has 26 heavy (non-hydrogen) atoms. The summed E-state index contributed by atoms with van der Waals surface area (Å²) in [6.45, 7) is 1.86. The average molecular weight is 378 g/mol. The van der Waals surface area contributed by atoms with Crippen LogP contribution in [0.2, 0.25) is 0 Å². The van der Waals surface area contributed by atoms with Gasteiger partial charge in [0.2, 0.25) is 0 Å². The number of halogens is 1. The van der Waals surface area contributed by atoms with Crippen molar-refractivity contribution in [3.05, 3.63) is 53.2 Å². The van der Waals surface area contributed by atoms with Crippen molar-refractivity contribution in [1.82, 2.24) is 15.3 Å². The van der Waals surface area contributed by atoms with E-state index in [2.05, 4.69) is 20.6 Å². The molecule has 0 bridgehead atoms. The molecule has 1 saturated heterocycles. The van der Waals surface area contributed by atoms with Crippen LogP contribution in [0.15, 0.2) is 30.3 Å². The minimum atomic E-state index is -3.08. The van der Waals surface area contributed by atoms with E-state index in [1.165, 1.54) is 12.1 Å². The highest BCUT2D eigenvalue weighted by Crippen LogP contribution is 2.14. The molecule has 1 aromatic heterocycles. The number of nitrogens with one attached hydrogen (secondary N) is 2. The lowest BCUT2D eigenvalue weighted by Gasteiger charge is -2.12. The van der Waals surface area contributed by atoms with E-state index < -0.39 is 21.8 Å². The highest BCUT2D eigenvalue weighted by molar-refractivity contribution is 7.91. The Bertz CT molecular complexity index is 933. The number of benzene rings is 1. The van der Waals surface area contributed by atoms with Crippen LogP contribution in [0.5, 0.6) is 0 Å². The summed E-state index contributed by atoms with van der Waals surface area (Å²) in [7, 11) is -3.08. The highest BCUT2D eigenvalue weighted by Gasteiger charge is 2.29. The lowest BCUT2D eigenvalue weighted by Crippen LogP contribution is -2.36. The van der Waals surface area contributed by atoms with Crippen molar-refractivity contribution < 1.29 is 17.6 Å². The molecule has 1 aliphatic heterocycles. The lowest BCUT2D eigenvalue weighted by atomic mass is 10.2. The number of carbonyl (C=O) groups is 1. The van der Waals surface area contributed by atoms with Crippen LogP contribution in [0.1, 0.15) is 28.3 Å². The summed E-state index contributed by atoms with van der Waals surface area (Å²) in [5.74, 6) is 0.0209. The van der Waals surface area contributed by atoms with Gasteiger partial charge in [0.15, 0.2) is 9.84 Å². The first-order chi connectivity index (χ1) is 12.3. The molecule has 0 aliphatic carbocycles. The summed E-state index contributed by atoms with van der Waals surface area (Å²) in [4.78, 5) is 20.7. The molecule has 1 unspecified atom stereocenters. The third-order valence-corrected chi connectivity index (χ3v) is 5.82. The van der Waals surface area contributed by atoms with Gasteiger partial charge in [-0.05, 0) is 19.4 Å². The quantitative estimate of drug-likeness (QED) is 0.817. The molecule has 1 fully saturated rings. The zero-order chi connectivity index (χ0) is 18.7. The molecular formula is C17H19FN4O3S. The molecule has 0 saturated carbocycles. The second-order valence-electron chi connectivity index (χ2n) is 6.20. The summed E-state index contributed by atoms with van der Waals surface area (Å²) < 4.78 is 36.7. The Morgan fingerprint density at radius 3 is 2.77 bits per heavy atom. The van der Waals surface area contributed by atoms with Crippen molar-refractivity contribution in [2.24, 2.45) is 0 Å². The Morgan fingerprint density at radius 1 is 1.31 bits per heavy atom. The topological polar surface area (TPSA) is 101 Å². The van der Waals surface area contributed by atoms with Crippen LogP contribution < -0.4 is 10.6 Å². The summed E-state index contributed by atoms with van der Waals surface area (Å²) in [5.41, 5.74) is 0.615. The van der Waals surface area contributed by atoms with E-state index in [0.717, 1.165) is 0 Å². The molecular weight excluding hydrogens is 359 g/mol. The average Bonchev–Trinajstić information content (AvgIpc) is 2.92. The summed E-state index contributed by atoms with van der Waals surface area (Å²) in [5, 5.41) is 5.67. The first-order valence-electron chi connectivity index (χ1n) is 8.17. The Hall–Kier alpha value is -2.55. The third kappa shape index (κ3) is 4.54. The fraction of sp³-hybridized carbons (Fsp3) is 0.353. The molecule has 7 nitrogen and oxygen atoms in total. The van der Waals surface area contributed by atoms with Crippen molar-refractivity contribution in [3.63, 3.8) is 0 Å². The highest BCUT2D eigenvalue weighted by atomic mass is 32.2. The molecule has 2 aromatic rings. The fourth-order valence-corrected chi connectivity index (χ4v) is 4.44. The molecule has 0 radical (unpaired) electrons. The number of nitrogens with zero attached hydrogens (tertiary/aromatic N) is 2. The van der Waals surface area contributed by atoms with Gasteiger partial charge in [0.1, 0.15) is 23.2 Å². The van der Waals surface area contributed by atoms with Crippen LogP contribution in [-0.4, -0.2) is 41.8 Å². The zero-order valence-corrected chi connectivity index (χ0v) is 15.0. The number of hydrogen-bond donors (Lipinski definition) is 2. The Kier molecular flexibility index (Phi) is 5.17. The van der Waals surface area contributed by atoms with Crippen LogP contribution >= 0.6 is 0 Å². The minimum Gasteiger partial charge on any atom is -0.366 e. The normalized spacial score (nSPS) is 18.5. The van der Waals surface area contributed by atoms with Gasteiger partial charge in [0.25, 0.3) is 5.91 Å².